The van der Waals surface area contributed by atoms with E-state index in [1.54, 1.807) is 6.07 Å². The topological polar surface area (TPSA) is 37.4 Å². The van der Waals surface area contributed by atoms with Gasteiger partial charge in [-0.3, -0.25) is 9.59 Å². The average molecular weight is 313 g/mol. The number of carbonyl (C=O) groups excluding carboxylic acids is 2. The van der Waals surface area contributed by atoms with Crippen LogP contribution in [0.4, 0.5) is 5.69 Å². The van der Waals surface area contributed by atoms with Crippen LogP contribution < -0.4 is 4.90 Å². The summed E-state index contributed by atoms with van der Waals surface area (Å²) < 4.78 is 1.04. The smallest absolute Gasteiger partial charge is 0.258 e. The maximum atomic E-state index is 11.4. The second-order valence-corrected chi connectivity index (χ2v) is 4.44. The van der Waals surface area contributed by atoms with Gasteiger partial charge in [-0.05, 0) is 47.2 Å². The molecule has 0 aromatic heterocycles. The van der Waals surface area contributed by atoms with Gasteiger partial charge in [0.05, 0.1) is 5.69 Å². The Morgan fingerprint density at radius 3 is 2.27 bits per heavy atom. The molecule has 1 aliphatic heterocycles. The average Bonchev–Trinajstić information content (AvgIpc) is 2.52. The third-order valence-electron chi connectivity index (χ3n) is 2.22. The van der Waals surface area contributed by atoms with Crippen LogP contribution in [0.3, 0.4) is 0 Å². The first kappa shape index (κ1) is 10.4. The number of hydrogen-bond donors (Lipinski definition) is 0. The summed E-state index contributed by atoms with van der Waals surface area (Å²) in [6.45, 7) is 1.98. The highest BCUT2D eigenvalue weighted by molar-refractivity contribution is 14.1. The number of carbonyl (C=O) groups is 2. The van der Waals surface area contributed by atoms with Crippen molar-refractivity contribution in [3.8, 4) is 0 Å². The van der Waals surface area contributed by atoms with Crippen LogP contribution in [0, 0.1) is 10.5 Å². The number of rotatable bonds is 1. The number of anilines is 1. The second kappa shape index (κ2) is 3.77. The molecule has 0 saturated heterocycles. The molecular weight excluding hydrogens is 305 g/mol. The maximum absolute atomic E-state index is 11.4. The lowest BCUT2D eigenvalue weighted by Crippen LogP contribution is -2.29. The van der Waals surface area contributed by atoms with Gasteiger partial charge in [-0.1, -0.05) is 6.07 Å². The molecule has 76 valence electrons. The minimum atomic E-state index is -0.278. The lowest BCUT2D eigenvalue weighted by Gasteiger charge is -2.14. The van der Waals surface area contributed by atoms with E-state index in [-0.39, 0.29) is 11.8 Å². The van der Waals surface area contributed by atoms with Crippen molar-refractivity contribution in [1.29, 1.82) is 0 Å². The minimum absolute atomic E-state index is 0.278. The van der Waals surface area contributed by atoms with Crippen molar-refractivity contribution >= 4 is 40.1 Å². The highest BCUT2D eigenvalue weighted by Crippen LogP contribution is 2.23. The van der Waals surface area contributed by atoms with Crippen LogP contribution >= 0.6 is 22.6 Å². The van der Waals surface area contributed by atoms with Crippen LogP contribution in [0.1, 0.15) is 5.56 Å². The lowest BCUT2D eigenvalue weighted by atomic mass is 10.2. The molecule has 4 heteroatoms. The van der Waals surface area contributed by atoms with Crippen LogP contribution in [0.5, 0.6) is 0 Å². The van der Waals surface area contributed by atoms with Crippen LogP contribution in [-0.2, 0) is 9.59 Å². The van der Waals surface area contributed by atoms with Gasteiger partial charge in [0, 0.05) is 15.7 Å². The summed E-state index contributed by atoms with van der Waals surface area (Å²) in [6.07, 6.45) is 2.57. The largest absolute Gasteiger partial charge is 0.269 e. The number of benzene rings is 1. The molecule has 1 aliphatic rings. The fraction of sp³-hybridized carbons (Fsp3) is 0.0909. The first-order chi connectivity index (χ1) is 7.09. The van der Waals surface area contributed by atoms with Crippen molar-refractivity contribution in [1.82, 2.24) is 0 Å². The Bertz CT molecular complexity index is 461. The van der Waals surface area contributed by atoms with E-state index in [0.717, 1.165) is 9.13 Å². The predicted octanol–water partition coefficient (Wildman–Crippen LogP) is 2.03. The molecule has 0 unspecified atom stereocenters. The number of amides is 2. The molecule has 1 aromatic rings. The summed E-state index contributed by atoms with van der Waals surface area (Å²) in [5.74, 6) is -0.556. The molecule has 0 spiro atoms. The molecule has 0 N–H and O–H groups in total. The van der Waals surface area contributed by atoms with Gasteiger partial charge in [0.25, 0.3) is 11.8 Å². The molecule has 0 bridgehead atoms. The van der Waals surface area contributed by atoms with Gasteiger partial charge < -0.3 is 0 Å². The van der Waals surface area contributed by atoms with E-state index in [2.05, 4.69) is 22.6 Å². The number of nitrogens with zero attached hydrogens (tertiary/aromatic N) is 1. The van der Waals surface area contributed by atoms with Gasteiger partial charge in [-0.25, -0.2) is 4.90 Å². The van der Waals surface area contributed by atoms with Crippen LogP contribution in [0.15, 0.2) is 30.4 Å². The Balaban J connectivity index is 2.42. The molecule has 0 saturated carbocycles. The molecule has 1 heterocycles. The molecule has 2 rings (SSSR count). The van der Waals surface area contributed by atoms with Crippen molar-refractivity contribution in [2.45, 2.75) is 6.92 Å². The quantitative estimate of drug-likeness (QED) is 0.588. The van der Waals surface area contributed by atoms with E-state index in [1.807, 2.05) is 19.1 Å². The summed E-state index contributed by atoms with van der Waals surface area (Å²) in [5, 5.41) is 0. The monoisotopic (exact) mass is 313 g/mol. The number of halogens is 1. The van der Waals surface area contributed by atoms with E-state index in [0.29, 0.717) is 5.69 Å². The summed E-state index contributed by atoms with van der Waals surface area (Å²) in [5.41, 5.74) is 1.76. The third kappa shape index (κ3) is 1.81. The number of hydrogen-bond acceptors (Lipinski definition) is 2. The highest BCUT2D eigenvalue weighted by atomic mass is 127. The Morgan fingerprint density at radius 2 is 1.73 bits per heavy atom. The van der Waals surface area contributed by atoms with Gasteiger partial charge in [-0.15, -0.1) is 0 Å². The van der Waals surface area contributed by atoms with Crippen molar-refractivity contribution in [3.05, 3.63) is 39.5 Å². The fourth-order valence-electron chi connectivity index (χ4n) is 1.38. The van der Waals surface area contributed by atoms with E-state index in [9.17, 15) is 9.59 Å². The Morgan fingerprint density at radius 1 is 1.13 bits per heavy atom. The van der Waals surface area contributed by atoms with Gasteiger partial charge in [-0.2, -0.15) is 0 Å². The predicted molar refractivity (Wildman–Crippen MR) is 65.5 cm³/mol. The van der Waals surface area contributed by atoms with Crippen LogP contribution in [0.25, 0.3) is 0 Å². The maximum Gasteiger partial charge on any atom is 0.258 e. The SMILES string of the molecule is Cc1ccc(N2C(=O)C=CC2=O)cc1I. The van der Waals surface area contributed by atoms with Gasteiger partial charge >= 0.3 is 0 Å². The Kier molecular flexibility index (Phi) is 2.60. The van der Waals surface area contributed by atoms with E-state index < -0.39 is 0 Å². The zero-order valence-corrected chi connectivity index (χ0v) is 10.2. The summed E-state index contributed by atoms with van der Waals surface area (Å²) in [7, 11) is 0. The zero-order chi connectivity index (χ0) is 11.0. The van der Waals surface area contributed by atoms with Crippen molar-refractivity contribution < 1.29 is 9.59 Å². The number of aryl methyl sites for hydroxylation is 1. The van der Waals surface area contributed by atoms with Crippen molar-refractivity contribution in [2.24, 2.45) is 0 Å². The first-order valence-electron chi connectivity index (χ1n) is 4.42. The molecular formula is C11H8INO2. The van der Waals surface area contributed by atoms with Crippen LogP contribution in [-0.4, -0.2) is 11.8 Å². The molecule has 0 atom stereocenters. The van der Waals surface area contributed by atoms with Gasteiger partial charge in [0.15, 0.2) is 0 Å². The van der Waals surface area contributed by atoms with E-state index in [4.69, 9.17) is 0 Å². The molecule has 15 heavy (non-hydrogen) atoms. The summed E-state index contributed by atoms with van der Waals surface area (Å²) in [4.78, 5) is 24.0. The van der Waals surface area contributed by atoms with Crippen LogP contribution in [0.2, 0.25) is 0 Å². The second-order valence-electron chi connectivity index (χ2n) is 3.28. The number of imide groups is 1. The minimum Gasteiger partial charge on any atom is -0.269 e. The summed E-state index contributed by atoms with van der Waals surface area (Å²) in [6, 6.07) is 5.51. The fourth-order valence-corrected chi connectivity index (χ4v) is 1.87. The molecule has 1 aromatic carbocycles. The third-order valence-corrected chi connectivity index (χ3v) is 3.39. The normalized spacial score (nSPS) is 15.2. The lowest BCUT2D eigenvalue weighted by molar-refractivity contribution is -0.119. The molecule has 2 amide bonds. The van der Waals surface area contributed by atoms with Gasteiger partial charge in [0.1, 0.15) is 0 Å². The summed E-state index contributed by atoms with van der Waals surface area (Å²) >= 11 is 2.18. The van der Waals surface area contributed by atoms with Crippen molar-refractivity contribution in [2.75, 3.05) is 4.90 Å². The zero-order valence-electron chi connectivity index (χ0n) is 8.03. The Hall–Kier alpha value is -1.17. The molecule has 3 nitrogen and oxygen atoms in total. The Labute approximate surface area is 101 Å². The van der Waals surface area contributed by atoms with Crippen molar-refractivity contribution in [3.63, 3.8) is 0 Å². The van der Waals surface area contributed by atoms with E-state index >= 15 is 0 Å². The molecule has 0 fully saturated rings. The standard InChI is InChI=1S/C11H8INO2/c1-7-2-3-8(6-9(7)12)13-10(14)4-5-11(13)15/h2-6H,1H3. The van der Waals surface area contributed by atoms with Gasteiger partial charge in [0.2, 0.25) is 0 Å². The molecule has 0 aliphatic carbocycles. The molecule has 0 radical (unpaired) electrons. The van der Waals surface area contributed by atoms with E-state index in [1.165, 1.54) is 17.1 Å². The first-order valence-corrected chi connectivity index (χ1v) is 5.50. The highest BCUT2D eigenvalue weighted by Gasteiger charge is 2.25.